The van der Waals surface area contributed by atoms with Crippen molar-refractivity contribution in [3.8, 4) is 34.5 Å². The molecule has 9 atom stereocenters. The molecular weight excluding hydrogens is 1070 g/mol. The van der Waals surface area contributed by atoms with Gasteiger partial charge in [0.1, 0.15) is 0 Å². The molecule has 0 bridgehead atoms. The van der Waals surface area contributed by atoms with Gasteiger partial charge in [-0.15, -0.1) is 0 Å². The maximum Gasteiger partial charge on any atom is 0.409 e. The van der Waals surface area contributed by atoms with Crippen molar-refractivity contribution in [2.24, 2.45) is 16.2 Å². The quantitative estimate of drug-likeness (QED) is 0.121. The van der Waals surface area contributed by atoms with Crippen LogP contribution in [0.15, 0.2) is 54.6 Å². The number of carbonyl (C=O) groups is 3. The third-order valence-corrected chi connectivity index (χ3v) is 18.9. The number of aliphatic hydroxyl groups is 3. The predicted octanol–water partition coefficient (Wildman–Crippen LogP) is 12.6. The minimum atomic E-state index is -0.571. The maximum atomic E-state index is 12.1. The second-order valence-electron chi connectivity index (χ2n) is 24.1. The van der Waals surface area contributed by atoms with Crippen molar-refractivity contribution in [2.45, 2.75) is 195 Å². The summed E-state index contributed by atoms with van der Waals surface area (Å²) in [6, 6.07) is 17.8. The molecule has 18 nitrogen and oxygen atoms in total. The van der Waals surface area contributed by atoms with Gasteiger partial charge < -0.3 is 72.7 Å². The van der Waals surface area contributed by atoms with Gasteiger partial charge in [0.25, 0.3) is 0 Å². The summed E-state index contributed by atoms with van der Waals surface area (Å²) in [7, 11) is 9.09. The Kier molecular flexibility index (Phi) is 26.1. The summed E-state index contributed by atoms with van der Waals surface area (Å²) < 4.78 is 49.9. The molecule has 3 heterocycles. The topological polar surface area (TPSA) is 205 Å². The first-order valence-electron chi connectivity index (χ1n) is 29.2. The third-order valence-electron chi connectivity index (χ3n) is 18.9. The average Bonchev–Trinajstić information content (AvgIpc) is 2.68. The summed E-state index contributed by atoms with van der Waals surface area (Å²) in [6.45, 7) is 14.3. The third kappa shape index (κ3) is 15.8. The van der Waals surface area contributed by atoms with Gasteiger partial charge in [0.2, 0.25) is 0 Å². The number of aliphatic hydroxyl groups excluding tert-OH is 3. The fourth-order valence-corrected chi connectivity index (χ4v) is 13.1. The monoisotopic (exact) mass is 1180 g/mol. The summed E-state index contributed by atoms with van der Waals surface area (Å²) in [6.07, 6.45) is 11.5. The van der Waals surface area contributed by atoms with Crippen LogP contribution in [-0.2, 0) is 14.2 Å². The smallest absolute Gasteiger partial charge is 0.409 e. The molecule has 3 aromatic rings. The highest BCUT2D eigenvalue weighted by atomic mass is 16.6. The number of likely N-dealkylation sites (tertiary alicyclic amines) is 3. The molecule has 0 unspecified atom stereocenters. The fraction of sp³-hybridized carbons (Fsp3) is 0.682. The van der Waals surface area contributed by atoms with E-state index in [1.807, 2.05) is 75.4 Å². The van der Waals surface area contributed by atoms with Gasteiger partial charge in [-0.25, -0.2) is 14.4 Å². The van der Waals surface area contributed by atoms with Gasteiger partial charge in [-0.05, 0) is 151 Å². The van der Waals surface area contributed by atoms with E-state index in [1.165, 1.54) is 59.9 Å². The second-order valence-corrected chi connectivity index (χ2v) is 24.1. The van der Waals surface area contributed by atoms with Crippen LogP contribution in [0.5, 0.6) is 34.5 Å². The standard InChI is InChI=1S/3C21H31NO5.3CH4/c3*1-14(23)21(2)13-22(20(24)26-4)12-17(21)15-9-10-18(25-3)19(11-15)27-16-7-5-6-8-16;;;/h3*9-11,14,16-17,23H,5-8,12-13H2,1-4H3;3*1H4/t14-,17+,21+;2*14-,17-,21-;;;/m010.../s1. The molecule has 9 rings (SSSR count). The van der Waals surface area contributed by atoms with Crippen LogP contribution in [0.1, 0.15) is 175 Å². The molecule has 6 fully saturated rings. The molecule has 6 aliphatic rings. The van der Waals surface area contributed by atoms with Crippen LogP contribution in [-0.4, -0.2) is 167 Å². The highest BCUT2D eigenvalue weighted by Gasteiger charge is 2.51. The van der Waals surface area contributed by atoms with Gasteiger partial charge in [0.15, 0.2) is 34.5 Å². The van der Waals surface area contributed by atoms with Gasteiger partial charge in [-0.3, -0.25) is 0 Å². The lowest BCUT2D eigenvalue weighted by Gasteiger charge is -2.33. The molecule has 84 heavy (non-hydrogen) atoms. The Morgan fingerprint density at radius 2 is 0.643 bits per heavy atom. The van der Waals surface area contributed by atoms with Gasteiger partial charge in [0, 0.05) is 73.3 Å². The van der Waals surface area contributed by atoms with E-state index in [9.17, 15) is 29.7 Å². The normalized spacial score (nSPS) is 25.9. The van der Waals surface area contributed by atoms with E-state index in [0.29, 0.717) is 56.5 Å². The number of ether oxygens (including phenoxy) is 9. The molecule has 3 aromatic carbocycles. The van der Waals surface area contributed by atoms with E-state index in [-0.39, 0.29) is 76.6 Å². The molecule has 0 spiro atoms. The number of carbonyl (C=O) groups excluding carboxylic acids is 3. The average molecular weight is 1180 g/mol. The van der Waals surface area contributed by atoms with Crippen LogP contribution in [0.2, 0.25) is 0 Å². The van der Waals surface area contributed by atoms with E-state index >= 15 is 0 Å². The Morgan fingerprint density at radius 1 is 0.417 bits per heavy atom. The van der Waals surface area contributed by atoms with Crippen molar-refractivity contribution in [1.29, 1.82) is 0 Å². The number of amides is 3. The minimum Gasteiger partial charge on any atom is -0.493 e. The summed E-state index contributed by atoms with van der Waals surface area (Å²) in [5, 5.41) is 31.4. The number of benzene rings is 3. The van der Waals surface area contributed by atoms with Crippen molar-refractivity contribution in [1.82, 2.24) is 14.7 Å². The number of hydrogen-bond donors (Lipinski definition) is 3. The Labute approximate surface area is 502 Å². The van der Waals surface area contributed by atoms with E-state index < -0.39 is 34.6 Å². The molecule has 18 heteroatoms. The van der Waals surface area contributed by atoms with Crippen molar-refractivity contribution in [3.63, 3.8) is 0 Å². The van der Waals surface area contributed by atoms with Crippen LogP contribution in [0, 0.1) is 16.2 Å². The maximum absolute atomic E-state index is 12.1. The Morgan fingerprint density at radius 3 is 0.833 bits per heavy atom. The predicted molar refractivity (Wildman–Crippen MR) is 327 cm³/mol. The van der Waals surface area contributed by atoms with Gasteiger partial charge in [-0.1, -0.05) is 61.3 Å². The SMILES string of the molecule is C.C.C.COC(=O)N1C[C@@H](c2ccc(OC)c(OC3CCCC3)c2)[C@](C)([C@H](C)O)C1.COC(=O)N1C[C@H](c2ccc(OC)c(OC3CCCC3)c2)[C@@](C)([C@@H](C)O)C1.COC(=O)N1C[C@H](c2ccc(OC)c(OC3CCCC3)c2)[C@@](C)([C@H](C)O)C1. The Balaban J connectivity index is 0.000000266. The number of nitrogens with zero attached hydrogens (tertiary/aromatic N) is 3. The Bertz CT molecular complexity index is 2290. The van der Waals surface area contributed by atoms with Crippen LogP contribution in [0.3, 0.4) is 0 Å². The van der Waals surface area contributed by atoms with Gasteiger partial charge >= 0.3 is 18.3 Å². The minimum absolute atomic E-state index is 0. The van der Waals surface area contributed by atoms with Crippen molar-refractivity contribution >= 4 is 18.3 Å². The fourth-order valence-electron chi connectivity index (χ4n) is 13.1. The summed E-state index contributed by atoms with van der Waals surface area (Å²) in [5.74, 6) is 4.31. The largest absolute Gasteiger partial charge is 0.493 e. The second kappa shape index (κ2) is 31.0. The summed E-state index contributed by atoms with van der Waals surface area (Å²) >= 11 is 0. The zero-order valence-electron chi connectivity index (χ0n) is 50.2. The summed E-state index contributed by atoms with van der Waals surface area (Å²) in [4.78, 5) is 41.2. The highest BCUT2D eigenvalue weighted by Crippen LogP contribution is 2.50. The van der Waals surface area contributed by atoms with Crippen molar-refractivity contribution in [3.05, 3.63) is 71.3 Å². The zero-order valence-corrected chi connectivity index (χ0v) is 50.2. The van der Waals surface area contributed by atoms with Crippen molar-refractivity contribution in [2.75, 3.05) is 81.9 Å². The molecule has 3 aliphatic carbocycles. The van der Waals surface area contributed by atoms with Gasteiger partial charge in [0.05, 0.1) is 79.3 Å². The highest BCUT2D eigenvalue weighted by molar-refractivity contribution is 5.69. The van der Waals surface area contributed by atoms with E-state index in [0.717, 1.165) is 72.5 Å². The first-order valence-corrected chi connectivity index (χ1v) is 29.2. The first-order chi connectivity index (χ1) is 38.7. The molecule has 474 valence electrons. The molecule has 0 radical (unpaired) electrons. The lowest BCUT2D eigenvalue weighted by molar-refractivity contribution is 0.0467. The van der Waals surface area contributed by atoms with Gasteiger partial charge in [-0.2, -0.15) is 0 Å². The molecule has 3 saturated heterocycles. The van der Waals surface area contributed by atoms with Crippen LogP contribution >= 0.6 is 0 Å². The van der Waals surface area contributed by atoms with Crippen LogP contribution in [0.25, 0.3) is 0 Å². The number of rotatable bonds is 15. The molecule has 3 aliphatic heterocycles. The molecule has 0 aromatic heterocycles. The molecule has 3 saturated carbocycles. The Hall–Kier alpha value is -5.85. The molecule has 3 amide bonds. The number of hydrogen-bond acceptors (Lipinski definition) is 15. The van der Waals surface area contributed by atoms with E-state index in [1.54, 1.807) is 56.8 Å². The van der Waals surface area contributed by atoms with Crippen LogP contribution < -0.4 is 28.4 Å². The van der Waals surface area contributed by atoms with Crippen LogP contribution in [0.4, 0.5) is 14.4 Å². The van der Waals surface area contributed by atoms with E-state index in [4.69, 9.17) is 42.6 Å². The lowest BCUT2D eigenvalue weighted by Crippen LogP contribution is -2.38. The molecule has 3 N–H and O–H groups in total. The molecular formula is C66H105N3O15. The zero-order chi connectivity index (χ0) is 58.8. The lowest BCUT2D eigenvalue weighted by atomic mass is 9.72. The van der Waals surface area contributed by atoms with E-state index in [2.05, 4.69) is 0 Å². The summed E-state index contributed by atoms with van der Waals surface area (Å²) in [5.41, 5.74) is 1.73. The number of methoxy groups -OCH3 is 6. The first kappa shape index (κ1) is 70.6. The van der Waals surface area contributed by atoms with Crippen molar-refractivity contribution < 1.29 is 72.3 Å².